The highest BCUT2D eigenvalue weighted by atomic mass is 32.1. The van der Waals surface area contributed by atoms with Crippen molar-refractivity contribution in [3.8, 4) is 0 Å². The van der Waals surface area contributed by atoms with Crippen molar-refractivity contribution in [2.45, 2.75) is 65.5 Å². The monoisotopic (exact) mass is 438 g/mol. The van der Waals surface area contributed by atoms with E-state index in [1.54, 1.807) is 30.5 Å². The van der Waals surface area contributed by atoms with E-state index in [2.05, 4.69) is 4.98 Å². The van der Waals surface area contributed by atoms with Gasteiger partial charge in [-0.15, -0.1) is 11.3 Å². The van der Waals surface area contributed by atoms with Gasteiger partial charge in [0.15, 0.2) is 6.10 Å². The summed E-state index contributed by atoms with van der Waals surface area (Å²) in [6, 6.07) is 7.32. The maximum atomic E-state index is 13.1. The molecule has 162 valence electrons. The number of fused-ring (bicyclic) bond motifs is 2. The molecule has 0 fully saturated rings. The second-order valence-corrected chi connectivity index (χ2v) is 8.99. The third kappa shape index (κ3) is 4.06. The lowest BCUT2D eigenvalue weighted by molar-refractivity contribution is 0.0323. The Morgan fingerprint density at radius 2 is 1.94 bits per heavy atom. The van der Waals surface area contributed by atoms with Crippen LogP contribution in [-0.2, 0) is 24.1 Å². The molecule has 1 aromatic carbocycles. The van der Waals surface area contributed by atoms with Crippen LogP contribution >= 0.6 is 11.3 Å². The molecule has 1 aliphatic rings. The van der Waals surface area contributed by atoms with Gasteiger partial charge in [-0.3, -0.25) is 14.2 Å². The highest BCUT2D eigenvalue weighted by Crippen LogP contribution is 2.29. The Morgan fingerprint density at radius 1 is 1.19 bits per heavy atom. The highest BCUT2D eigenvalue weighted by molar-refractivity contribution is 7.20. The molecule has 1 atom stereocenters. The van der Waals surface area contributed by atoms with E-state index in [-0.39, 0.29) is 11.3 Å². The maximum absolute atomic E-state index is 13.1. The van der Waals surface area contributed by atoms with Gasteiger partial charge in [-0.05, 0) is 44.2 Å². The molecule has 0 saturated carbocycles. The minimum atomic E-state index is -0.921. The number of thiophene rings is 1. The summed E-state index contributed by atoms with van der Waals surface area (Å²) in [5.41, 5.74) is 2.14. The standard InChI is InChI=1S/C24H26N2O4S/c1-4-16-9-11-17(12-10-16)20(27)15(3)30-24(29)21-14(2)19-22(31-21)25-18-8-6-5-7-13-26(18)23(19)28/h9-12,15H,4-8,13H2,1-3H3. The quantitative estimate of drug-likeness (QED) is 0.433. The van der Waals surface area contributed by atoms with Gasteiger partial charge in [-0.25, -0.2) is 9.78 Å². The van der Waals surface area contributed by atoms with Crippen LogP contribution < -0.4 is 5.56 Å². The number of benzene rings is 1. The molecule has 3 heterocycles. The molecule has 0 saturated heterocycles. The van der Waals surface area contributed by atoms with Crippen molar-refractivity contribution in [3.05, 3.63) is 62.0 Å². The van der Waals surface area contributed by atoms with Crippen LogP contribution in [0.5, 0.6) is 0 Å². The number of ketones is 1. The number of carbonyl (C=O) groups is 2. The van der Waals surface area contributed by atoms with Gasteiger partial charge in [-0.1, -0.05) is 37.6 Å². The summed E-state index contributed by atoms with van der Waals surface area (Å²) in [4.78, 5) is 44.2. The molecule has 0 amide bonds. The number of Topliss-reactive ketones (excluding diaryl/α,β-unsaturated/α-hetero) is 1. The fraction of sp³-hybridized carbons (Fsp3) is 0.417. The molecule has 1 unspecified atom stereocenters. The van der Waals surface area contributed by atoms with Gasteiger partial charge in [0.1, 0.15) is 15.5 Å². The molecule has 0 N–H and O–H groups in total. The second kappa shape index (κ2) is 8.75. The lowest BCUT2D eigenvalue weighted by atomic mass is 10.0. The maximum Gasteiger partial charge on any atom is 0.349 e. The van der Waals surface area contributed by atoms with E-state index < -0.39 is 12.1 Å². The van der Waals surface area contributed by atoms with Gasteiger partial charge in [0.25, 0.3) is 5.56 Å². The van der Waals surface area contributed by atoms with Crippen molar-refractivity contribution in [2.24, 2.45) is 0 Å². The summed E-state index contributed by atoms with van der Waals surface area (Å²) in [5.74, 6) is -0.0546. The molecule has 6 nitrogen and oxygen atoms in total. The average molecular weight is 439 g/mol. The van der Waals surface area contributed by atoms with Crippen molar-refractivity contribution < 1.29 is 14.3 Å². The summed E-state index contributed by atoms with van der Waals surface area (Å²) in [6.45, 7) is 6.03. The van der Waals surface area contributed by atoms with E-state index in [4.69, 9.17) is 4.74 Å². The first-order valence-electron chi connectivity index (χ1n) is 10.8. The number of carbonyl (C=O) groups excluding carboxylic acids is 2. The Kier molecular flexibility index (Phi) is 6.05. The number of rotatable bonds is 5. The zero-order valence-electron chi connectivity index (χ0n) is 18.1. The first-order chi connectivity index (χ1) is 14.9. The van der Waals surface area contributed by atoms with E-state index in [0.29, 0.717) is 32.8 Å². The minimum absolute atomic E-state index is 0.0881. The minimum Gasteiger partial charge on any atom is -0.450 e. The Bertz CT molecular complexity index is 1210. The molecule has 7 heteroatoms. The zero-order valence-corrected chi connectivity index (χ0v) is 18.9. The zero-order chi connectivity index (χ0) is 22.1. The Hall–Kier alpha value is -2.80. The smallest absolute Gasteiger partial charge is 0.349 e. The van der Waals surface area contributed by atoms with Crippen LogP contribution in [0.15, 0.2) is 29.1 Å². The third-order valence-corrected chi connectivity index (χ3v) is 7.06. The fourth-order valence-corrected chi connectivity index (χ4v) is 5.09. The van der Waals surface area contributed by atoms with E-state index >= 15 is 0 Å². The van der Waals surface area contributed by atoms with Crippen molar-refractivity contribution >= 4 is 33.3 Å². The summed E-state index contributed by atoms with van der Waals surface area (Å²) in [6.07, 6.45) is 3.79. The fourth-order valence-electron chi connectivity index (χ4n) is 4.01. The molecule has 3 aromatic rings. The van der Waals surface area contributed by atoms with Gasteiger partial charge in [0.05, 0.1) is 5.39 Å². The molecular weight excluding hydrogens is 412 g/mol. The number of nitrogens with zero attached hydrogens (tertiary/aromatic N) is 2. The number of esters is 1. The number of hydrogen-bond acceptors (Lipinski definition) is 6. The van der Waals surface area contributed by atoms with Crippen LogP contribution in [0.3, 0.4) is 0 Å². The summed E-state index contributed by atoms with van der Waals surface area (Å²) < 4.78 is 7.24. The molecule has 31 heavy (non-hydrogen) atoms. The third-order valence-electron chi connectivity index (χ3n) is 5.90. The van der Waals surface area contributed by atoms with E-state index in [0.717, 1.165) is 43.5 Å². The normalized spacial score (nSPS) is 14.7. The lowest BCUT2D eigenvalue weighted by Gasteiger charge is -2.12. The van der Waals surface area contributed by atoms with Crippen LogP contribution in [0.1, 0.15) is 70.1 Å². The van der Waals surface area contributed by atoms with Crippen molar-refractivity contribution in [3.63, 3.8) is 0 Å². The van der Waals surface area contributed by atoms with Gasteiger partial charge in [0, 0.05) is 18.5 Å². The summed E-state index contributed by atoms with van der Waals surface area (Å²) in [5, 5.41) is 0.483. The number of hydrogen-bond donors (Lipinski definition) is 0. The summed E-state index contributed by atoms with van der Waals surface area (Å²) in [7, 11) is 0. The van der Waals surface area contributed by atoms with Gasteiger partial charge < -0.3 is 4.74 Å². The summed E-state index contributed by atoms with van der Waals surface area (Å²) >= 11 is 1.17. The first kappa shape index (κ1) is 21.4. The first-order valence-corrected chi connectivity index (χ1v) is 11.6. The largest absolute Gasteiger partial charge is 0.450 e. The van der Waals surface area contributed by atoms with E-state index in [1.807, 2.05) is 19.1 Å². The topological polar surface area (TPSA) is 78.3 Å². The number of ether oxygens (including phenoxy) is 1. The van der Waals surface area contributed by atoms with Crippen LogP contribution in [-0.4, -0.2) is 27.4 Å². The van der Waals surface area contributed by atoms with Crippen LogP contribution in [0, 0.1) is 6.92 Å². The molecule has 0 bridgehead atoms. The molecule has 0 spiro atoms. The molecule has 2 aromatic heterocycles. The Morgan fingerprint density at radius 3 is 2.65 bits per heavy atom. The highest BCUT2D eigenvalue weighted by Gasteiger charge is 2.26. The Balaban J connectivity index is 1.60. The average Bonchev–Trinajstić information content (AvgIpc) is 2.94. The van der Waals surface area contributed by atoms with Crippen LogP contribution in [0.4, 0.5) is 0 Å². The second-order valence-electron chi connectivity index (χ2n) is 7.99. The number of aromatic nitrogens is 2. The predicted octanol–water partition coefficient (Wildman–Crippen LogP) is 4.48. The predicted molar refractivity (Wildman–Crippen MR) is 121 cm³/mol. The van der Waals surface area contributed by atoms with Crippen LogP contribution in [0.2, 0.25) is 0 Å². The van der Waals surface area contributed by atoms with Crippen molar-refractivity contribution in [2.75, 3.05) is 0 Å². The molecular formula is C24H26N2O4S. The molecule has 1 aliphatic heterocycles. The SMILES string of the molecule is CCc1ccc(C(=O)C(C)OC(=O)c2sc3nc4n(c(=O)c3c2C)CCCCC4)cc1. The number of aryl methyl sites for hydroxylation is 3. The molecule has 0 aliphatic carbocycles. The van der Waals surface area contributed by atoms with E-state index in [1.165, 1.54) is 11.3 Å². The lowest BCUT2D eigenvalue weighted by Crippen LogP contribution is -2.25. The Labute approximate surface area is 184 Å². The molecule has 0 radical (unpaired) electrons. The van der Waals surface area contributed by atoms with Gasteiger partial charge >= 0.3 is 5.97 Å². The van der Waals surface area contributed by atoms with Gasteiger partial charge in [0.2, 0.25) is 5.78 Å². The molecule has 4 rings (SSSR count). The van der Waals surface area contributed by atoms with E-state index in [9.17, 15) is 14.4 Å². The van der Waals surface area contributed by atoms with Gasteiger partial charge in [-0.2, -0.15) is 0 Å². The van der Waals surface area contributed by atoms with Crippen molar-refractivity contribution in [1.29, 1.82) is 0 Å². The van der Waals surface area contributed by atoms with Crippen molar-refractivity contribution in [1.82, 2.24) is 9.55 Å². The van der Waals surface area contributed by atoms with Crippen LogP contribution in [0.25, 0.3) is 10.2 Å².